The van der Waals surface area contributed by atoms with E-state index in [4.69, 9.17) is 9.57 Å². The molecule has 0 atom stereocenters. The Morgan fingerprint density at radius 1 is 1.31 bits per heavy atom. The van der Waals surface area contributed by atoms with Crippen LogP contribution in [0.1, 0.15) is 22.5 Å². The molecule has 1 N–H and O–H groups in total. The number of hydrogen-bond acceptors (Lipinski definition) is 4. The molecule has 1 aromatic heterocycles. The highest BCUT2D eigenvalue weighted by atomic mass is 19.4. The quantitative estimate of drug-likeness (QED) is 0.646. The van der Waals surface area contributed by atoms with Crippen LogP contribution in [0.4, 0.5) is 17.6 Å². The number of rotatable bonds is 5. The molecule has 140 valence electrons. The van der Waals surface area contributed by atoms with E-state index in [1.54, 1.807) is 0 Å². The fraction of sp³-hybridized carbons (Fsp3) is 0.375. The number of carbonyl (C=O) groups is 1. The largest absolute Gasteiger partial charge is 0.435 e. The molecular weight excluding hydrogens is 358 g/mol. The second-order valence-corrected chi connectivity index (χ2v) is 5.67. The maximum Gasteiger partial charge on any atom is 0.435 e. The Bertz CT molecular complexity index is 787. The average molecular weight is 373 g/mol. The standard InChI is InChI=1S/C16H15F4N3O3/c17-11-3-1-10(2-4-11)8-26-22-14(24)7-23-13-5-6-25-9-12(13)15(21-23)16(18,19)20/h1-4H,5-9H2,(H,22,24). The van der Waals surface area contributed by atoms with Crippen LogP contribution in [0.25, 0.3) is 0 Å². The molecule has 1 amide bonds. The Morgan fingerprint density at radius 2 is 2.04 bits per heavy atom. The van der Waals surface area contributed by atoms with Crippen LogP contribution in [0.2, 0.25) is 0 Å². The zero-order chi connectivity index (χ0) is 18.7. The van der Waals surface area contributed by atoms with Gasteiger partial charge in [-0.3, -0.25) is 14.3 Å². The maximum atomic E-state index is 13.1. The number of benzene rings is 1. The summed E-state index contributed by atoms with van der Waals surface area (Å²) in [6, 6.07) is 5.47. The van der Waals surface area contributed by atoms with Crippen molar-refractivity contribution in [2.75, 3.05) is 6.61 Å². The summed E-state index contributed by atoms with van der Waals surface area (Å²) < 4.78 is 58.1. The van der Waals surface area contributed by atoms with Crippen LogP contribution in [0.3, 0.4) is 0 Å². The molecule has 1 aliphatic rings. The van der Waals surface area contributed by atoms with Gasteiger partial charge in [0.1, 0.15) is 12.4 Å². The topological polar surface area (TPSA) is 65.4 Å². The molecule has 1 aromatic carbocycles. The molecule has 6 nitrogen and oxygen atoms in total. The maximum absolute atomic E-state index is 13.1. The van der Waals surface area contributed by atoms with Gasteiger partial charge in [0.2, 0.25) is 0 Å². The van der Waals surface area contributed by atoms with Crippen molar-refractivity contribution in [1.82, 2.24) is 15.3 Å². The van der Waals surface area contributed by atoms with Gasteiger partial charge in [0.15, 0.2) is 5.69 Å². The Balaban J connectivity index is 1.62. The zero-order valence-electron chi connectivity index (χ0n) is 13.5. The molecule has 1 aliphatic heterocycles. The lowest BCUT2D eigenvalue weighted by Crippen LogP contribution is -2.29. The van der Waals surface area contributed by atoms with Crippen LogP contribution in [0, 0.1) is 5.82 Å². The van der Waals surface area contributed by atoms with Crippen LogP contribution < -0.4 is 5.48 Å². The summed E-state index contributed by atoms with van der Waals surface area (Å²) in [6.07, 6.45) is -4.38. The third-order valence-corrected chi connectivity index (χ3v) is 3.80. The lowest BCUT2D eigenvalue weighted by molar-refractivity contribution is -0.143. The lowest BCUT2D eigenvalue weighted by atomic mass is 10.1. The minimum absolute atomic E-state index is 0.00905. The summed E-state index contributed by atoms with van der Waals surface area (Å²) in [5.74, 6) is -1.05. The van der Waals surface area contributed by atoms with E-state index < -0.39 is 30.1 Å². The van der Waals surface area contributed by atoms with E-state index in [-0.39, 0.29) is 31.8 Å². The normalized spacial score (nSPS) is 14.2. The first-order chi connectivity index (χ1) is 12.3. The molecule has 0 saturated heterocycles. The Labute approximate surface area is 145 Å². The molecule has 2 aromatic rings. The van der Waals surface area contributed by atoms with Crippen LogP contribution in [0.15, 0.2) is 24.3 Å². The number of amides is 1. The van der Waals surface area contributed by atoms with Gasteiger partial charge in [-0.2, -0.15) is 18.3 Å². The molecule has 0 fully saturated rings. The summed E-state index contributed by atoms with van der Waals surface area (Å²) in [5.41, 5.74) is 2.03. The predicted molar refractivity (Wildman–Crippen MR) is 79.9 cm³/mol. The van der Waals surface area contributed by atoms with Gasteiger partial charge >= 0.3 is 6.18 Å². The SMILES string of the molecule is O=C(Cn1nc(C(F)(F)F)c2c1CCOC2)NOCc1ccc(F)cc1. The van der Waals surface area contributed by atoms with E-state index >= 15 is 0 Å². The number of nitrogens with one attached hydrogen (secondary N) is 1. The molecule has 3 rings (SSSR count). The van der Waals surface area contributed by atoms with E-state index in [1.807, 2.05) is 0 Å². The first-order valence-electron chi connectivity index (χ1n) is 7.73. The van der Waals surface area contributed by atoms with Crippen LogP contribution >= 0.6 is 0 Å². The first-order valence-corrected chi connectivity index (χ1v) is 7.73. The minimum atomic E-state index is -4.62. The first kappa shape index (κ1) is 18.3. The van der Waals surface area contributed by atoms with E-state index in [9.17, 15) is 22.4 Å². The fourth-order valence-corrected chi connectivity index (χ4v) is 2.62. The number of hydrogen-bond donors (Lipinski definition) is 1. The highest BCUT2D eigenvalue weighted by molar-refractivity contribution is 5.74. The number of hydroxylamine groups is 1. The van der Waals surface area contributed by atoms with Crippen molar-refractivity contribution in [3.8, 4) is 0 Å². The number of ether oxygens (including phenoxy) is 1. The summed E-state index contributed by atoms with van der Waals surface area (Å²) >= 11 is 0. The fourth-order valence-electron chi connectivity index (χ4n) is 2.62. The molecule has 2 heterocycles. The molecule has 0 spiro atoms. The van der Waals surface area contributed by atoms with Gasteiger partial charge < -0.3 is 4.74 Å². The van der Waals surface area contributed by atoms with E-state index in [0.29, 0.717) is 11.3 Å². The van der Waals surface area contributed by atoms with E-state index in [1.165, 1.54) is 24.3 Å². The molecule has 0 bridgehead atoms. The number of nitrogens with zero attached hydrogens (tertiary/aromatic N) is 2. The third kappa shape index (κ3) is 4.20. The summed E-state index contributed by atoms with van der Waals surface area (Å²) in [7, 11) is 0. The summed E-state index contributed by atoms with van der Waals surface area (Å²) in [6.45, 7) is -0.349. The lowest BCUT2D eigenvalue weighted by Gasteiger charge is -2.15. The molecular formula is C16H15F4N3O3. The molecule has 0 aliphatic carbocycles. The summed E-state index contributed by atoms with van der Waals surface area (Å²) in [4.78, 5) is 16.9. The van der Waals surface area contributed by atoms with Crippen molar-refractivity contribution in [2.45, 2.75) is 32.4 Å². The van der Waals surface area contributed by atoms with Crippen molar-refractivity contribution in [3.05, 3.63) is 52.6 Å². The van der Waals surface area contributed by atoms with Gasteiger partial charge in [-0.05, 0) is 17.7 Å². The van der Waals surface area contributed by atoms with Gasteiger partial charge in [0.05, 0.1) is 19.8 Å². The average Bonchev–Trinajstić information content (AvgIpc) is 2.96. The number of alkyl halides is 3. The van der Waals surface area contributed by atoms with Crippen LogP contribution in [-0.4, -0.2) is 22.3 Å². The number of halogens is 4. The Morgan fingerprint density at radius 3 is 2.73 bits per heavy atom. The van der Waals surface area contributed by atoms with E-state index in [0.717, 1.165) is 4.68 Å². The van der Waals surface area contributed by atoms with Crippen LogP contribution in [0.5, 0.6) is 0 Å². The summed E-state index contributed by atoms with van der Waals surface area (Å²) in [5, 5.41) is 3.53. The molecule has 26 heavy (non-hydrogen) atoms. The van der Waals surface area contributed by atoms with Crippen molar-refractivity contribution in [2.24, 2.45) is 0 Å². The van der Waals surface area contributed by atoms with Crippen molar-refractivity contribution in [3.63, 3.8) is 0 Å². The number of aromatic nitrogens is 2. The second-order valence-electron chi connectivity index (χ2n) is 5.67. The van der Waals surface area contributed by atoms with Gasteiger partial charge in [-0.1, -0.05) is 12.1 Å². The van der Waals surface area contributed by atoms with Crippen LogP contribution in [-0.2, 0) is 46.7 Å². The van der Waals surface area contributed by atoms with Gasteiger partial charge in [-0.15, -0.1) is 0 Å². The molecule has 0 saturated carbocycles. The van der Waals surface area contributed by atoms with E-state index in [2.05, 4.69) is 10.6 Å². The zero-order valence-corrected chi connectivity index (χ0v) is 13.5. The molecule has 0 radical (unpaired) electrons. The number of fused-ring (bicyclic) bond motifs is 1. The van der Waals surface area contributed by atoms with Gasteiger partial charge in [-0.25, -0.2) is 9.87 Å². The predicted octanol–water partition coefficient (Wildman–Crippen LogP) is 2.36. The molecule has 10 heteroatoms. The smallest absolute Gasteiger partial charge is 0.376 e. The second kappa shape index (κ2) is 7.42. The number of carbonyl (C=O) groups excluding carboxylic acids is 1. The Hall–Kier alpha value is -2.46. The third-order valence-electron chi connectivity index (χ3n) is 3.80. The minimum Gasteiger partial charge on any atom is -0.376 e. The highest BCUT2D eigenvalue weighted by Crippen LogP contribution is 2.34. The highest BCUT2D eigenvalue weighted by Gasteiger charge is 2.40. The van der Waals surface area contributed by atoms with Gasteiger partial charge in [0.25, 0.3) is 5.91 Å². The van der Waals surface area contributed by atoms with Crippen molar-refractivity contribution < 1.29 is 31.9 Å². The molecule has 0 unspecified atom stereocenters. The van der Waals surface area contributed by atoms with Crippen molar-refractivity contribution in [1.29, 1.82) is 0 Å². The monoisotopic (exact) mass is 373 g/mol. The Kier molecular flexibility index (Phi) is 5.23. The van der Waals surface area contributed by atoms with Gasteiger partial charge in [0, 0.05) is 17.7 Å². The van der Waals surface area contributed by atoms with Crippen molar-refractivity contribution >= 4 is 5.91 Å².